The summed E-state index contributed by atoms with van der Waals surface area (Å²) in [6, 6.07) is 5.56. The van der Waals surface area contributed by atoms with Crippen molar-refractivity contribution >= 4 is 50.8 Å². The number of nitrogens with two attached hydrogens (primary N) is 1. The van der Waals surface area contributed by atoms with Crippen LogP contribution in [0.2, 0.25) is 5.02 Å². The normalized spacial score (nSPS) is 12.9. The van der Waals surface area contributed by atoms with E-state index in [4.69, 9.17) is 17.3 Å². The minimum atomic E-state index is -0.331. The molecule has 0 bridgehead atoms. The lowest BCUT2D eigenvalue weighted by Gasteiger charge is -2.01. The Morgan fingerprint density at radius 2 is 2.38 bits per heavy atom. The average molecular weight is 273 g/mol. The topological polar surface area (TPSA) is 56.0 Å². The van der Waals surface area contributed by atoms with Gasteiger partial charge in [0.2, 0.25) is 5.91 Å². The van der Waals surface area contributed by atoms with Gasteiger partial charge in [-0.25, -0.2) is 4.98 Å². The molecule has 1 aromatic heterocycles. The highest BCUT2D eigenvalue weighted by molar-refractivity contribution is 8.02. The molecule has 0 saturated heterocycles. The number of carbonyl (C=O) groups excluding carboxylic acids is 1. The van der Waals surface area contributed by atoms with Crippen molar-refractivity contribution in [3.8, 4) is 0 Å². The lowest BCUT2D eigenvalue weighted by molar-refractivity contribution is -0.117. The molecule has 0 saturated carbocycles. The monoisotopic (exact) mass is 272 g/mol. The third kappa shape index (κ3) is 2.48. The zero-order valence-corrected chi connectivity index (χ0v) is 10.8. The van der Waals surface area contributed by atoms with Crippen molar-refractivity contribution in [1.29, 1.82) is 0 Å². The molecule has 1 heterocycles. The van der Waals surface area contributed by atoms with Crippen molar-refractivity contribution in [2.75, 3.05) is 0 Å². The lowest BCUT2D eigenvalue weighted by atomic mass is 10.3. The Labute approximate surface area is 106 Å². The van der Waals surface area contributed by atoms with Crippen molar-refractivity contribution in [3.05, 3.63) is 23.2 Å². The number of amides is 1. The molecular formula is C10H9ClN2OS2. The van der Waals surface area contributed by atoms with E-state index in [-0.39, 0.29) is 11.2 Å². The summed E-state index contributed by atoms with van der Waals surface area (Å²) >= 11 is 8.78. The van der Waals surface area contributed by atoms with Crippen LogP contribution in [0.5, 0.6) is 0 Å². The van der Waals surface area contributed by atoms with Gasteiger partial charge in [0.1, 0.15) is 0 Å². The van der Waals surface area contributed by atoms with Crippen molar-refractivity contribution in [3.63, 3.8) is 0 Å². The highest BCUT2D eigenvalue weighted by Crippen LogP contribution is 2.32. The predicted octanol–water partition coefficient (Wildman–Crippen LogP) is 2.92. The third-order valence-corrected chi connectivity index (χ3v) is 4.49. The first-order valence-electron chi connectivity index (χ1n) is 4.58. The molecule has 0 aliphatic rings. The molecule has 2 N–H and O–H groups in total. The number of hydrogen-bond donors (Lipinski definition) is 1. The summed E-state index contributed by atoms with van der Waals surface area (Å²) in [6.45, 7) is 1.77. The second kappa shape index (κ2) is 4.61. The van der Waals surface area contributed by atoms with Crippen molar-refractivity contribution < 1.29 is 4.79 Å². The smallest absolute Gasteiger partial charge is 0.230 e. The van der Waals surface area contributed by atoms with E-state index in [0.717, 1.165) is 14.6 Å². The number of hydrogen-bond acceptors (Lipinski definition) is 4. The molecule has 0 fully saturated rings. The first-order valence-corrected chi connectivity index (χ1v) is 6.66. The molecule has 0 unspecified atom stereocenters. The van der Waals surface area contributed by atoms with Crippen LogP contribution >= 0.6 is 34.7 Å². The standard InChI is InChI=1S/C10H9ClN2OS2/c1-5(9(12)14)15-10-13-7-4-6(11)2-3-8(7)16-10/h2-5H,1H3,(H2,12,14)/t5-/m0/s1. The van der Waals surface area contributed by atoms with Crippen molar-refractivity contribution in [2.24, 2.45) is 5.73 Å². The van der Waals surface area contributed by atoms with Crippen LogP contribution in [0.3, 0.4) is 0 Å². The first kappa shape index (κ1) is 11.7. The number of nitrogens with zero attached hydrogens (tertiary/aromatic N) is 1. The van der Waals surface area contributed by atoms with E-state index in [1.165, 1.54) is 23.1 Å². The maximum Gasteiger partial charge on any atom is 0.230 e. The molecule has 2 aromatic rings. The number of primary amides is 1. The van der Waals surface area contributed by atoms with E-state index in [1.807, 2.05) is 18.2 Å². The van der Waals surface area contributed by atoms with Gasteiger partial charge in [0.05, 0.1) is 15.5 Å². The zero-order chi connectivity index (χ0) is 11.7. The van der Waals surface area contributed by atoms with E-state index in [9.17, 15) is 4.79 Å². The molecule has 0 aliphatic heterocycles. The molecule has 6 heteroatoms. The molecule has 3 nitrogen and oxygen atoms in total. The number of thiazole rings is 1. The Morgan fingerprint density at radius 1 is 1.62 bits per heavy atom. The van der Waals surface area contributed by atoms with Gasteiger partial charge in [-0.1, -0.05) is 23.4 Å². The van der Waals surface area contributed by atoms with Crippen LogP contribution < -0.4 is 5.73 Å². The van der Waals surface area contributed by atoms with Crippen LogP contribution in [0.15, 0.2) is 22.5 Å². The summed E-state index contributed by atoms with van der Waals surface area (Å²) < 4.78 is 1.90. The summed E-state index contributed by atoms with van der Waals surface area (Å²) in [4.78, 5) is 15.3. The van der Waals surface area contributed by atoms with Gasteiger partial charge in [0, 0.05) is 5.02 Å². The number of aromatic nitrogens is 1. The molecular weight excluding hydrogens is 264 g/mol. The van der Waals surface area contributed by atoms with E-state index in [0.29, 0.717) is 5.02 Å². The third-order valence-electron chi connectivity index (χ3n) is 2.01. The molecule has 1 aromatic carbocycles. The fourth-order valence-electron chi connectivity index (χ4n) is 1.14. The van der Waals surface area contributed by atoms with Gasteiger partial charge in [-0.05, 0) is 25.1 Å². The van der Waals surface area contributed by atoms with Gasteiger partial charge in [-0.3, -0.25) is 4.79 Å². The number of fused-ring (bicyclic) bond motifs is 1. The Hall–Kier alpha value is -0.780. The molecule has 0 aliphatic carbocycles. The van der Waals surface area contributed by atoms with Gasteiger partial charge in [0.25, 0.3) is 0 Å². The first-order chi connectivity index (χ1) is 7.56. The lowest BCUT2D eigenvalue weighted by Crippen LogP contribution is -2.22. The van der Waals surface area contributed by atoms with E-state index in [1.54, 1.807) is 6.92 Å². The Morgan fingerprint density at radius 3 is 3.06 bits per heavy atom. The molecule has 84 valence electrons. The van der Waals surface area contributed by atoms with Gasteiger partial charge >= 0.3 is 0 Å². The maximum atomic E-state index is 10.9. The van der Waals surface area contributed by atoms with Crippen LogP contribution in [0.25, 0.3) is 10.2 Å². The summed E-state index contributed by atoms with van der Waals surface area (Å²) in [6.07, 6.45) is 0. The minimum Gasteiger partial charge on any atom is -0.369 e. The van der Waals surface area contributed by atoms with E-state index < -0.39 is 0 Å². The van der Waals surface area contributed by atoms with Crippen molar-refractivity contribution in [2.45, 2.75) is 16.5 Å². The highest BCUT2D eigenvalue weighted by Gasteiger charge is 2.13. The fraction of sp³-hybridized carbons (Fsp3) is 0.200. The molecule has 0 radical (unpaired) electrons. The maximum absolute atomic E-state index is 10.9. The number of thioether (sulfide) groups is 1. The Bertz CT molecular complexity index is 541. The number of rotatable bonds is 3. The van der Waals surface area contributed by atoms with Crippen LogP contribution in [-0.2, 0) is 4.79 Å². The second-order valence-corrected chi connectivity index (χ2v) is 6.31. The molecule has 16 heavy (non-hydrogen) atoms. The summed E-state index contributed by atoms with van der Waals surface area (Å²) in [5.74, 6) is -0.331. The predicted molar refractivity (Wildman–Crippen MR) is 69.1 cm³/mol. The highest BCUT2D eigenvalue weighted by atomic mass is 35.5. The summed E-state index contributed by atoms with van der Waals surface area (Å²) in [5.41, 5.74) is 6.06. The summed E-state index contributed by atoms with van der Waals surface area (Å²) in [7, 11) is 0. The summed E-state index contributed by atoms with van der Waals surface area (Å²) in [5, 5.41) is 0.397. The van der Waals surface area contributed by atoms with Crippen molar-refractivity contribution in [1.82, 2.24) is 4.98 Å². The Kier molecular flexibility index (Phi) is 3.37. The van der Waals surface area contributed by atoms with Gasteiger partial charge in [0.15, 0.2) is 4.34 Å². The largest absolute Gasteiger partial charge is 0.369 e. The molecule has 1 amide bonds. The SMILES string of the molecule is C[C@H](Sc1nc2cc(Cl)ccc2s1)C(N)=O. The number of carbonyl (C=O) groups is 1. The molecule has 2 rings (SSSR count). The van der Waals surface area contributed by atoms with E-state index >= 15 is 0 Å². The molecule has 0 spiro atoms. The van der Waals surface area contributed by atoms with Crippen LogP contribution in [0.1, 0.15) is 6.92 Å². The average Bonchev–Trinajstić information content (AvgIpc) is 2.58. The zero-order valence-electron chi connectivity index (χ0n) is 8.44. The Balaban J connectivity index is 2.29. The fourth-order valence-corrected chi connectivity index (χ4v) is 3.45. The van der Waals surface area contributed by atoms with Crippen LogP contribution in [-0.4, -0.2) is 16.1 Å². The second-order valence-electron chi connectivity index (χ2n) is 3.25. The van der Waals surface area contributed by atoms with E-state index in [2.05, 4.69) is 4.98 Å². The number of benzene rings is 1. The van der Waals surface area contributed by atoms with Gasteiger partial charge < -0.3 is 5.73 Å². The molecule has 1 atom stereocenters. The van der Waals surface area contributed by atoms with Crippen LogP contribution in [0.4, 0.5) is 0 Å². The van der Waals surface area contributed by atoms with Crippen LogP contribution in [0, 0.1) is 0 Å². The quantitative estimate of drug-likeness (QED) is 0.874. The minimum absolute atomic E-state index is 0.268. The van der Waals surface area contributed by atoms with Gasteiger partial charge in [-0.15, -0.1) is 11.3 Å². The number of halogens is 1. The van der Waals surface area contributed by atoms with Gasteiger partial charge in [-0.2, -0.15) is 0 Å².